The SMILES string of the molecule is Cc1ccc(C(=O)N2CCN(C3CC3)CC2)c(O)c1C. The molecule has 0 unspecified atom stereocenters. The zero-order valence-corrected chi connectivity index (χ0v) is 12.2. The summed E-state index contributed by atoms with van der Waals surface area (Å²) in [6, 6.07) is 4.41. The minimum Gasteiger partial charge on any atom is -0.507 e. The third-order valence-corrected chi connectivity index (χ3v) is 4.60. The highest BCUT2D eigenvalue weighted by Crippen LogP contribution is 2.29. The van der Waals surface area contributed by atoms with Crippen LogP contribution in [0.25, 0.3) is 0 Å². The number of phenols is 1. The van der Waals surface area contributed by atoms with E-state index in [1.54, 1.807) is 6.07 Å². The molecule has 0 atom stereocenters. The van der Waals surface area contributed by atoms with Crippen molar-refractivity contribution in [2.24, 2.45) is 0 Å². The van der Waals surface area contributed by atoms with E-state index in [4.69, 9.17) is 0 Å². The van der Waals surface area contributed by atoms with Gasteiger partial charge in [0.1, 0.15) is 5.75 Å². The smallest absolute Gasteiger partial charge is 0.257 e. The number of hydrogen-bond acceptors (Lipinski definition) is 3. The second kappa shape index (κ2) is 5.09. The van der Waals surface area contributed by atoms with Crippen LogP contribution in [0.15, 0.2) is 12.1 Å². The number of nitrogens with zero attached hydrogens (tertiary/aromatic N) is 2. The molecule has 0 radical (unpaired) electrons. The van der Waals surface area contributed by atoms with Gasteiger partial charge in [0, 0.05) is 32.2 Å². The van der Waals surface area contributed by atoms with E-state index < -0.39 is 0 Å². The number of carbonyl (C=O) groups excluding carboxylic acids is 1. The lowest BCUT2D eigenvalue weighted by atomic mass is 10.0. The summed E-state index contributed by atoms with van der Waals surface area (Å²) in [5.74, 6) is 0.0978. The van der Waals surface area contributed by atoms with E-state index in [-0.39, 0.29) is 11.7 Å². The summed E-state index contributed by atoms with van der Waals surface area (Å²) < 4.78 is 0. The monoisotopic (exact) mass is 274 g/mol. The molecule has 1 amide bonds. The normalized spacial score (nSPS) is 20.2. The van der Waals surface area contributed by atoms with Gasteiger partial charge in [-0.15, -0.1) is 0 Å². The van der Waals surface area contributed by atoms with Crippen LogP contribution in [-0.2, 0) is 0 Å². The van der Waals surface area contributed by atoms with Crippen molar-refractivity contribution in [2.75, 3.05) is 26.2 Å². The molecule has 1 aromatic carbocycles. The van der Waals surface area contributed by atoms with Gasteiger partial charge in [-0.3, -0.25) is 9.69 Å². The van der Waals surface area contributed by atoms with Crippen molar-refractivity contribution in [1.29, 1.82) is 0 Å². The van der Waals surface area contributed by atoms with Gasteiger partial charge in [0.05, 0.1) is 5.56 Å². The summed E-state index contributed by atoms with van der Waals surface area (Å²) >= 11 is 0. The Balaban J connectivity index is 1.71. The quantitative estimate of drug-likeness (QED) is 0.896. The highest BCUT2D eigenvalue weighted by molar-refractivity contribution is 5.97. The molecule has 1 saturated carbocycles. The molecule has 1 aliphatic carbocycles. The Bertz CT molecular complexity index is 530. The minimum atomic E-state index is -0.0407. The highest BCUT2D eigenvalue weighted by Gasteiger charge is 2.32. The van der Waals surface area contributed by atoms with Crippen molar-refractivity contribution in [3.05, 3.63) is 28.8 Å². The Morgan fingerprint density at radius 2 is 1.80 bits per heavy atom. The molecule has 4 heteroatoms. The number of piperazine rings is 1. The van der Waals surface area contributed by atoms with Crippen LogP contribution in [0.5, 0.6) is 5.75 Å². The molecule has 2 fully saturated rings. The summed E-state index contributed by atoms with van der Waals surface area (Å²) in [5.41, 5.74) is 2.25. The lowest BCUT2D eigenvalue weighted by Crippen LogP contribution is -2.49. The number of aromatic hydroxyl groups is 1. The van der Waals surface area contributed by atoms with Crippen LogP contribution in [0.2, 0.25) is 0 Å². The van der Waals surface area contributed by atoms with Gasteiger partial charge in [0.2, 0.25) is 0 Å². The number of rotatable bonds is 2. The first-order valence-electron chi connectivity index (χ1n) is 7.40. The second-order valence-electron chi connectivity index (χ2n) is 5.96. The first kappa shape index (κ1) is 13.4. The number of carbonyl (C=O) groups is 1. The van der Waals surface area contributed by atoms with E-state index >= 15 is 0 Å². The van der Waals surface area contributed by atoms with Gasteiger partial charge in [-0.05, 0) is 43.9 Å². The molecule has 0 bridgehead atoms. The van der Waals surface area contributed by atoms with E-state index in [9.17, 15) is 9.90 Å². The predicted molar refractivity (Wildman–Crippen MR) is 78.1 cm³/mol. The number of phenolic OH excluding ortho intramolecular Hbond substituents is 1. The zero-order chi connectivity index (χ0) is 14.3. The molecule has 1 N–H and O–H groups in total. The molecule has 20 heavy (non-hydrogen) atoms. The molecule has 108 valence electrons. The summed E-state index contributed by atoms with van der Waals surface area (Å²) in [4.78, 5) is 16.9. The fourth-order valence-electron chi connectivity index (χ4n) is 2.87. The molecule has 4 nitrogen and oxygen atoms in total. The number of benzene rings is 1. The number of aryl methyl sites for hydroxylation is 1. The van der Waals surface area contributed by atoms with Crippen LogP contribution in [-0.4, -0.2) is 53.0 Å². The van der Waals surface area contributed by atoms with Crippen molar-refractivity contribution in [1.82, 2.24) is 9.80 Å². The molecule has 3 rings (SSSR count). The maximum absolute atomic E-state index is 12.5. The van der Waals surface area contributed by atoms with Crippen LogP contribution in [0.4, 0.5) is 0 Å². The minimum absolute atomic E-state index is 0.0407. The van der Waals surface area contributed by atoms with Gasteiger partial charge < -0.3 is 10.0 Å². The molecule has 1 aliphatic heterocycles. The van der Waals surface area contributed by atoms with Crippen molar-refractivity contribution in [3.63, 3.8) is 0 Å². The Labute approximate surface area is 120 Å². The van der Waals surface area contributed by atoms with Crippen LogP contribution >= 0.6 is 0 Å². The van der Waals surface area contributed by atoms with E-state index in [0.29, 0.717) is 5.56 Å². The van der Waals surface area contributed by atoms with E-state index in [1.807, 2.05) is 24.8 Å². The first-order chi connectivity index (χ1) is 9.58. The molecule has 1 aromatic rings. The molecule has 2 aliphatic rings. The van der Waals surface area contributed by atoms with E-state index in [0.717, 1.165) is 43.3 Å². The summed E-state index contributed by atoms with van der Waals surface area (Å²) in [6.45, 7) is 7.25. The summed E-state index contributed by atoms with van der Waals surface area (Å²) in [6.07, 6.45) is 2.62. The van der Waals surface area contributed by atoms with Crippen LogP contribution in [0.1, 0.15) is 34.3 Å². The van der Waals surface area contributed by atoms with Gasteiger partial charge >= 0.3 is 0 Å². The lowest BCUT2D eigenvalue weighted by molar-refractivity contribution is 0.0624. The molecule has 0 aromatic heterocycles. The molecular formula is C16H22N2O2. The maximum Gasteiger partial charge on any atom is 0.257 e. The largest absolute Gasteiger partial charge is 0.507 e. The highest BCUT2D eigenvalue weighted by atomic mass is 16.3. The van der Waals surface area contributed by atoms with Crippen molar-refractivity contribution < 1.29 is 9.90 Å². The van der Waals surface area contributed by atoms with Gasteiger partial charge in [-0.25, -0.2) is 0 Å². The maximum atomic E-state index is 12.5. The van der Waals surface area contributed by atoms with Gasteiger partial charge in [0.15, 0.2) is 0 Å². The van der Waals surface area contributed by atoms with Crippen LogP contribution in [0.3, 0.4) is 0 Å². The van der Waals surface area contributed by atoms with Gasteiger partial charge in [-0.1, -0.05) is 6.07 Å². The molecule has 0 spiro atoms. The number of amides is 1. The molecule has 1 heterocycles. The van der Waals surface area contributed by atoms with Crippen molar-refractivity contribution in [2.45, 2.75) is 32.7 Å². The van der Waals surface area contributed by atoms with E-state index in [1.165, 1.54) is 12.8 Å². The fraction of sp³-hybridized carbons (Fsp3) is 0.562. The summed E-state index contributed by atoms with van der Waals surface area (Å²) in [5, 5.41) is 10.2. The van der Waals surface area contributed by atoms with Gasteiger partial charge in [-0.2, -0.15) is 0 Å². The second-order valence-corrected chi connectivity index (χ2v) is 5.96. The van der Waals surface area contributed by atoms with Crippen molar-refractivity contribution >= 4 is 5.91 Å². The number of hydrogen-bond donors (Lipinski definition) is 1. The average Bonchev–Trinajstić information content (AvgIpc) is 3.29. The first-order valence-corrected chi connectivity index (χ1v) is 7.40. The van der Waals surface area contributed by atoms with E-state index in [2.05, 4.69) is 4.90 Å². The molecular weight excluding hydrogens is 252 g/mol. The standard InChI is InChI=1S/C16H22N2O2/c1-11-3-6-14(15(19)12(11)2)16(20)18-9-7-17(8-10-18)13-4-5-13/h3,6,13,19H,4-5,7-10H2,1-2H3. The van der Waals surface area contributed by atoms with Crippen LogP contribution < -0.4 is 0 Å². The Morgan fingerprint density at radius 1 is 1.15 bits per heavy atom. The third-order valence-electron chi connectivity index (χ3n) is 4.60. The Morgan fingerprint density at radius 3 is 2.40 bits per heavy atom. The zero-order valence-electron chi connectivity index (χ0n) is 12.2. The topological polar surface area (TPSA) is 43.8 Å². The van der Waals surface area contributed by atoms with Crippen LogP contribution in [0, 0.1) is 13.8 Å². The average molecular weight is 274 g/mol. The summed E-state index contributed by atoms with van der Waals surface area (Å²) in [7, 11) is 0. The fourth-order valence-corrected chi connectivity index (χ4v) is 2.87. The predicted octanol–water partition coefficient (Wildman–Crippen LogP) is 1.93. The van der Waals surface area contributed by atoms with Crippen molar-refractivity contribution in [3.8, 4) is 5.75 Å². The Hall–Kier alpha value is -1.55. The lowest BCUT2D eigenvalue weighted by Gasteiger charge is -2.35. The van der Waals surface area contributed by atoms with Gasteiger partial charge in [0.25, 0.3) is 5.91 Å². The molecule has 1 saturated heterocycles. The Kier molecular flexibility index (Phi) is 3.42. The third kappa shape index (κ3) is 2.40.